The molecule has 0 bridgehead atoms. The Bertz CT molecular complexity index is 1180. The van der Waals surface area contributed by atoms with Crippen molar-refractivity contribution in [2.75, 3.05) is 13.7 Å². The fourth-order valence-electron chi connectivity index (χ4n) is 3.08. The van der Waals surface area contributed by atoms with E-state index in [4.69, 9.17) is 18.4 Å². The molecular weight excluding hydrogens is 386 g/mol. The van der Waals surface area contributed by atoms with E-state index in [1.165, 1.54) is 0 Å². The van der Waals surface area contributed by atoms with Crippen molar-refractivity contribution in [2.24, 2.45) is 0 Å². The van der Waals surface area contributed by atoms with E-state index in [-0.39, 0.29) is 11.7 Å². The van der Waals surface area contributed by atoms with E-state index in [2.05, 4.69) is 15.5 Å². The lowest BCUT2D eigenvalue weighted by Crippen LogP contribution is -2.23. The van der Waals surface area contributed by atoms with Crippen LogP contribution in [0.15, 0.2) is 51.4 Å². The number of hydrogen-bond donors (Lipinski definition) is 1. The van der Waals surface area contributed by atoms with Crippen LogP contribution in [0.4, 0.5) is 0 Å². The second kappa shape index (κ2) is 8.28. The summed E-state index contributed by atoms with van der Waals surface area (Å²) in [7, 11) is 1.61. The van der Waals surface area contributed by atoms with Crippen molar-refractivity contribution in [3.8, 4) is 23.1 Å². The highest BCUT2D eigenvalue weighted by Crippen LogP contribution is 2.33. The first-order valence-electron chi connectivity index (χ1n) is 9.50. The number of aryl methyl sites for hydroxylation is 1. The summed E-state index contributed by atoms with van der Waals surface area (Å²) in [6.07, 6.45) is 0. The van der Waals surface area contributed by atoms with Crippen LogP contribution in [0.25, 0.3) is 22.6 Å². The van der Waals surface area contributed by atoms with E-state index in [1.807, 2.05) is 56.3 Å². The number of carbonyl (C=O) groups excluding carboxylic acids is 1. The van der Waals surface area contributed by atoms with Crippen LogP contribution in [0.5, 0.6) is 11.5 Å². The topological polar surface area (TPSA) is 99.6 Å². The zero-order valence-electron chi connectivity index (χ0n) is 16.9. The number of amides is 1. The van der Waals surface area contributed by atoms with Crippen molar-refractivity contribution in [1.29, 1.82) is 0 Å². The molecule has 4 aromatic rings. The number of furan rings is 1. The summed E-state index contributed by atoms with van der Waals surface area (Å²) < 4.78 is 21.7. The molecule has 0 fully saturated rings. The third-order valence-electron chi connectivity index (χ3n) is 4.65. The van der Waals surface area contributed by atoms with Gasteiger partial charge in [0.25, 0.3) is 0 Å². The molecule has 0 unspecified atom stereocenters. The molecule has 8 nitrogen and oxygen atoms in total. The lowest BCUT2D eigenvalue weighted by molar-refractivity contribution is 0.0907. The first-order valence-corrected chi connectivity index (χ1v) is 9.50. The molecule has 0 radical (unpaired) electrons. The van der Waals surface area contributed by atoms with Crippen molar-refractivity contribution in [3.63, 3.8) is 0 Å². The average Bonchev–Trinajstić information content (AvgIpc) is 3.38. The van der Waals surface area contributed by atoms with Gasteiger partial charge in [0, 0.05) is 17.5 Å². The number of methoxy groups -OCH3 is 1. The van der Waals surface area contributed by atoms with Gasteiger partial charge in [-0.3, -0.25) is 4.79 Å². The number of nitrogens with one attached hydrogen (secondary N) is 1. The third kappa shape index (κ3) is 3.84. The van der Waals surface area contributed by atoms with Crippen LogP contribution < -0.4 is 14.8 Å². The summed E-state index contributed by atoms with van der Waals surface area (Å²) in [4.78, 5) is 16.6. The first kappa shape index (κ1) is 19.5. The van der Waals surface area contributed by atoms with Crippen LogP contribution in [-0.2, 0) is 6.54 Å². The largest absolute Gasteiger partial charge is 0.497 e. The maximum atomic E-state index is 12.4. The molecule has 0 aliphatic heterocycles. The molecule has 0 aliphatic carbocycles. The van der Waals surface area contributed by atoms with Gasteiger partial charge in [-0.25, -0.2) is 0 Å². The van der Waals surface area contributed by atoms with Crippen molar-refractivity contribution in [3.05, 3.63) is 59.5 Å². The molecule has 30 heavy (non-hydrogen) atoms. The molecular formula is C22H21N3O5. The summed E-state index contributed by atoms with van der Waals surface area (Å²) in [5, 5.41) is 7.55. The molecule has 8 heteroatoms. The highest BCUT2D eigenvalue weighted by atomic mass is 16.5. The minimum atomic E-state index is -0.460. The van der Waals surface area contributed by atoms with E-state index < -0.39 is 5.91 Å². The van der Waals surface area contributed by atoms with E-state index in [9.17, 15) is 4.79 Å². The minimum absolute atomic E-state index is 0.131. The van der Waals surface area contributed by atoms with Gasteiger partial charge in [0.2, 0.25) is 5.82 Å². The normalized spacial score (nSPS) is 10.9. The number of aromatic nitrogens is 2. The second-order valence-corrected chi connectivity index (χ2v) is 6.60. The van der Waals surface area contributed by atoms with Crippen LogP contribution in [-0.4, -0.2) is 29.8 Å². The van der Waals surface area contributed by atoms with Crippen molar-refractivity contribution in [1.82, 2.24) is 15.5 Å². The number of ether oxygens (including phenoxy) is 2. The van der Waals surface area contributed by atoms with E-state index in [1.54, 1.807) is 7.11 Å². The molecule has 1 N–H and O–H groups in total. The molecule has 0 spiro atoms. The fraction of sp³-hybridized carbons (Fsp3) is 0.227. The van der Waals surface area contributed by atoms with Crippen molar-refractivity contribution in [2.45, 2.75) is 20.4 Å². The molecule has 0 aliphatic rings. The monoisotopic (exact) mass is 407 g/mol. The maximum absolute atomic E-state index is 12.4. The Morgan fingerprint density at radius 2 is 1.90 bits per heavy atom. The quantitative estimate of drug-likeness (QED) is 0.492. The van der Waals surface area contributed by atoms with Gasteiger partial charge in [-0.1, -0.05) is 17.3 Å². The number of benzene rings is 2. The Hall–Kier alpha value is -3.81. The second-order valence-electron chi connectivity index (χ2n) is 6.60. The van der Waals surface area contributed by atoms with E-state index in [0.29, 0.717) is 24.5 Å². The molecule has 2 aromatic heterocycles. The highest BCUT2D eigenvalue weighted by molar-refractivity contribution is 5.91. The Labute approximate surface area is 172 Å². The number of rotatable bonds is 7. The van der Waals surface area contributed by atoms with E-state index in [0.717, 1.165) is 28.0 Å². The predicted molar refractivity (Wildman–Crippen MR) is 110 cm³/mol. The molecule has 1 amide bonds. The van der Waals surface area contributed by atoms with Gasteiger partial charge >= 0.3 is 11.8 Å². The summed E-state index contributed by atoms with van der Waals surface area (Å²) in [6, 6.07) is 13.0. The zero-order valence-corrected chi connectivity index (χ0v) is 16.9. The van der Waals surface area contributed by atoms with E-state index >= 15 is 0 Å². The zero-order chi connectivity index (χ0) is 21.1. The molecule has 0 atom stereocenters. The minimum Gasteiger partial charge on any atom is -0.497 e. The smallest absolute Gasteiger partial charge is 0.316 e. The van der Waals surface area contributed by atoms with Crippen molar-refractivity contribution < 1.29 is 23.2 Å². The molecule has 0 saturated heterocycles. The van der Waals surface area contributed by atoms with Gasteiger partial charge in [-0.05, 0) is 49.7 Å². The summed E-state index contributed by atoms with van der Waals surface area (Å²) in [5.74, 6) is 1.58. The standard InChI is InChI=1S/C22H21N3O5/c1-4-28-15-7-5-14(6-8-15)12-23-21(26)22-24-20(25-30-22)19-13(2)17-11-16(27-3)9-10-18(17)29-19/h5-11H,4,12H2,1-3H3,(H,23,26). The Balaban J connectivity index is 1.47. The Morgan fingerprint density at radius 3 is 2.63 bits per heavy atom. The molecule has 0 saturated carbocycles. The Morgan fingerprint density at radius 1 is 1.13 bits per heavy atom. The van der Waals surface area contributed by atoms with Crippen LogP contribution in [0.2, 0.25) is 0 Å². The number of hydrogen-bond acceptors (Lipinski definition) is 7. The van der Waals surface area contributed by atoms with Gasteiger partial charge in [-0.2, -0.15) is 4.98 Å². The maximum Gasteiger partial charge on any atom is 0.316 e. The van der Waals surface area contributed by atoms with Crippen LogP contribution in [0.3, 0.4) is 0 Å². The highest BCUT2D eigenvalue weighted by Gasteiger charge is 2.21. The van der Waals surface area contributed by atoms with Gasteiger partial charge in [0.15, 0.2) is 5.76 Å². The third-order valence-corrected chi connectivity index (χ3v) is 4.65. The first-order chi connectivity index (χ1) is 14.6. The SMILES string of the molecule is CCOc1ccc(CNC(=O)c2nc(-c3oc4ccc(OC)cc4c3C)no2)cc1. The molecule has 2 aromatic carbocycles. The number of fused-ring (bicyclic) bond motifs is 1. The van der Waals surface area contributed by atoms with Gasteiger partial charge < -0.3 is 23.7 Å². The molecule has 4 rings (SSSR count). The van der Waals surface area contributed by atoms with Crippen molar-refractivity contribution >= 4 is 16.9 Å². The average molecular weight is 407 g/mol. The van der Waals surface area contributed by atoms with Crippen LogP contribution >= 0.6 is 0 Å². The number of nitrogens with zero attached hydrogens (tertiary/aromatic N) is 2. The van der Waals surface area contributed by atoms with Gasteiger partial charge in [0.1, 0.15) is 17.1 Å². The molecule has 2 heterocycles. The molecule has 154 valence electrons. The van der Waals surface area contributed by atoms with Gasteiger partial charge in [-0.15, -0.1) is 0 Å². The predicted octanol–water partition coefficient (Wildman–Crippen LogP) is 4.13. The van der Waals surface area contributed by atoms with Gasteiger partial charge in [0.05, 0.1) is 13.7 Å². The van der Waals surface area contributed by atoms with Crippen LogP contribution in [0.1, 0.15) is 28.7 Å². The lowest BCUT2D eigenvalue weighted by atomic mass is 10.1. The van der Waals surface area contributed by atoms with Crippen LogP contribution in [0, 0.1) is 6.92 Å². The summed E-state index contributed by atoms with van der Waals surface area (Å²) >= 11 is 0. The summed E-state index contributed by atoms with van der Waals surface area (Å²) in [6.45, 7) is 4.75. The lowest BCUT2D eigenvalue weighted by Gasteiger charge is -2.05. The fourth-order valence-corrected chi connectivity index (χ4v) is 3.08. The Kier molecular flexibility index (Phi) is 5.38. The summed E-state index contributed by atoms with van der Waals surface area (Å²) in [5.41, 5.74) is 2.44. The number of carbonyl (C=O) groups is 1.